The molecule has 0 radical (unpaired) electrons. The fraction of sp³-hybridized carbons (Fsp3) is 0.615. The van der Waals surface area contributed by atoms with E-state index in [1.54, 1.807) is 0 Å². The molecular weight excluding hydrogens is 279 g/mol. The van der Waals surface area contributed by atoms with Crippen LogP contribution < -0.4 is 0 Å². The highest BCUT2D eigenvalue weighted by atomic mass is 35.5. The molecular formula is C13H15ClF3NO. The van der Waals surface area contributed by atoms with Crippen LogP contribution in [0.2, 0.25) is 5.15 Å². The highest BCUT2D eigenvalue weighted by Gasteiger charge is 2.41. The lowest BCUT2D eigenvalue weighted by atomic mass is 9.91. The molecule has 2 atom stereocenters. The van der Waals surface area contributed by atoms with Crippen molar-refractivity contribution in [2.45, 2.75) is 44.4 Å². The molecule has 1 aliphatic carbocycles. The van der Waals surface area contributed by atoms with Crippen molar-refractivity contribution < 1.29 is 18.3 Å². The average molecular weight is 294 g/mol. The Labute approximate surface area is 114 Å². The molecule has 1 heterocycles. The van der Waals surface area contributed by atoms with Crippen molar-refractivity contribution in [1.82, 2.24) is 4.98 Å². The lowest BCUT2D eigenvalue weighted by Crippen LogP contribution is -2.23. The minimum atomic E-state index is -4.52. The Morgan fingerprint density at radius 2 is 2.16 bits per heavy atom. The first-order valence-corrected chi connectivity index (χ1v) is 6.60. The van der Waals surface area contributed by atoms with Gasteiger partial charge in [-0.15, -0.1) is 0 Å². The van der Waals surface area contributed by atoms with Gasteiger partial charge in [-0.05, 0) is 31.2 Å². The Balaban J connectivity index is 2.32. The quantitative estimate of drug-likeness (QED) is 0.831. The second-order valence-corrected chi connectivity index (χ2v) is 5.44. The maximum absolute atomic E-state index is 12.5. The Hall–Kier alpha value is -0.810. The van der Waals surface area contributed by atoms with E-state index in [1.165, 1.54) is 6.07 Å². The first kappa shape index (κ1) is 14.6. The molecule has 1 aliphatic rings. The number of aromatic nitrogens is 1. The van der Waals surface area contributed by atoms with Crippen LogP contribution in [0, 0.1) is 5.92 Å². The Morgan fingerprint density at radius 3 is 2.63 bits per heavy atom. The van der Waals surface area contributed by atoms with Gasteiger partial charge in [-0.3, -0.25) is 0 Å². The van der Waals surface area contributed by atoms with E-state index in [0.29, 0.717) is 24.3 Å². The summed E-state index contributed by atoms with van der Waals surface area (Å²) in [6, 6.07) is 2.12. The molecule has 0 spiro atoms. The van der Waals surface area contributed by atoms with Gasteiger partial charge in [0.25, 0.3) is 0 Å². The van der Waals surface area contributed by atoms with Crippen LogP contribution in [0.4, 0.5) is 13.2 Å². The molecule has 1 aromatic rings. The van der Waals surface area contributed by atoms with Crippen LogP contribution >= 0.6 is 11.6 Å². The van der Waals surface area contributed by atoms with Crippen LogP contribution in [0.15, 0.2) is 12.1 Å². The topological polar surface area (TPSA) is 33.1 Å². The van der Waals surface area contributed by atoms with Gasteiger partial charge in [0.1, 0.15) is 10.8 Å². The zero-order chi connectivity index (χ0) is 14.3. The van der Waals surface area contributed by atoms with E-state index in [9.17, 15) is 18.3 Å². The largest absolute Gasteiger partial charge is 0.433 e. The molecule has 106 valence electrons. The second kappa shape index (κ2) is 4.94. The Kier molecular flexibility index (Phi) is 3.80. The van der Waals surface area contributed by atoms with E-state index in [-0.39, 0.29) is 5.15 Å². The van der Waals surface area contributed by atoms with Crippen molar-refractivity contribution in [3.05, 3.63) is 28.5 Å². The third-order valence-corrected chi connectivity index (χ3v) is 4.10. The summed E-state index contributed by atoms with van der Waals surface area (Å²) in [5, 5.41) is 10.3. The van der Waals surface area contributed by atoms with Crippen LogP contribution in [0.5, 0.6) is 0 Å². The van der Waals surface area contributed by atoms with E-state index in [1.807, 2.05) is 6.92 Å². The number of nitrogens with zero attached hydrogens (tertiary/aromatic N) is 1. The predicted molar refractivity (Wildman–Crippen MR) is 65.8 cm³/mol. The van der Waals surface area contributed by atoms with E-state index in [4.69, 9.17) is 11.6 Å². The summed E-state index contributed by atoms with van der Waals surface area (Å²) < 4.78 is 37.5. The monoisotopic (exact) mass is 293 g/mol. The van der Waals surface area contributed by atoms with Crippen molar-refractivity contribution in [2.75, 3.05) is 0 Å². The number of halogens is 4. The highest BCUT2D eigenvalue weighted by molar-refractivity contribution is 6.30. The van der Waals surface area contributed by atoms with Crippen molar-refractivity contribution in [1.29, 1.82) is 0 Å². The summed E-state index contributed by atoms with van der Waals surface area (Å²) in [4.78, 5) is 3.37. The van der Waals surface area contributed by atoms with Gasteiger partial charge in [0.2, 0.25) is 0 Å². The van der Waals surface area contributed by atoms with Gasteiger partial charge in [0, 0.05) is 5.56 Å². The van der Waals surface area contributed by atoms with E-state index >= 15 is 0 Å². The summed E-state index contributed by atoms with van der Waals surface area (Å²) in [5.74, 6) is 0.378. The van der Waals surface area contributed by atoms with E-state index in [0.717, 1.165) is 18.9 Å². The van der Waals surface area contributed by atoms with Gasteiger partial charge < -0.3 is 5.11 Å². The third kappa shape index (κ3) is 2.87. The summed E-state index contributed by atoms with van der Waals surface area (Å²) in [5.41, 5.74) is -1.87. The summed E-state index contributed by atoms with van der Waals surface area (Å²) in [6.45, 7) is 2.03. The molecule has 2 unspecified atom stereocenters. The smallest absolute Gasteiger partial charge is 0.385 e. The van der Waals surface area contributed by atoms with Crippen LogP contribution in [-0.4, -0.2) is 10.1 Å². The third-order valence-electron chi connectivity index (χ3n) is 3.81. The van der Waals surface area contributed by atoms with Gasteiger partial charge in [-0.1, -0.05) is 31.0 Å². The van der Waals surface area contributed by atoms with Crippen molar-refractivity contribution in [3.63, 3.8) is 0 Å². The molecule has 6 heteroatoms. The Morgan fingerprint density at radius 1 is 1.47 bits per heavy atom. The molecule has 0 saturated heterocycles. The number of hydrogen-bond donors (Lipinski definition) is 1. The number of aliphatic hydroxyl groups is 1. The van der Waals surface area contributed by atoms with Gasteiger partial charge in [0.05, 0.1) is 5.60 Å². The molecule has 2 rings (SSSR count). The molecule has 0 aliphatic heterocycles. The maximum atomic E-state index is 12.5. The van der Waals surface area contributed by atoms with E-state index < -0.39 is 17.5 Å². The standard InChI is InChI=1S/C13H15ClF3NO/c1-2-8-5-6-12(19,7-8)9-3-4-10(13(15,16)17)18-11(9)14/h3-4,8,19H,2,5-7H2,1H3. The molecule has 1 saturated carbocycles. The first-order chi connectivity index (χ1) is 8.76. The molecule has 0 aromatic carbocycles. The molecule has 1 fully saturated rings. The van der Waals surface area contributed by atoms with Crippen molar-refractivity contribution in [3.8, 4) is 0 Å². The molecule has 1 N–H and O–H groups in total. The normalized spacial score (nSPS) is 27.8. The summed E-state index contributed by atoms with van der Waals surface area (Å²) >= 11 is 5.82. The van der Waals surface area contributed by atoms with Gasteiger partial charge in [-0.2, -0.15) is 13.2 Å². The highest BCUT2D eigenvalue weighted by Crippen LogP contribution is 2.45. The minimum absolute atomic E-state index is 0.255. The summed E-state index contributed by atoms with van der Waals surface area (Å²) in [6.07, 6.45) is -1.70. The molecule has 1 aromatic heterocycles. The number of hydrogen-bond acceptors (Lipinski definition) is 2. The van der Waals surface area contributed by atoms with Gasteiger partial charge >= 0.3 is 6.18 Å². The summed E-state index contributed by atoms with van der Waals surface area (Å²) in [7, 11) is 0. The maximum Gasteiger partial charge on any atom is 0.433 e. The molecule has 0 bridgehead atoms. The van der Waals surface area contributed by atoms with Crippen molar-refractivity contribution in [2.24, 2.45) is 5.92 Å². The average Bonchev–Trinajstić information content (AvgIpc) is 2.70. The predicted octanol–water partition coefficient (Wildman–Crippen LogP) is 4.15. The molecule has 2 nitrogen and oxygen atoms in total. The molecule has 19 heavy (non-hydrogen) atoms. The Bertz CT molecular complexity index is 477. The van der Waals surface area contributed by atoms with Crippen molar-refractivity contribution >= 4 is 11.6 Å². The van der Waals surface area contributed by atoms with Crippen LogP contribution in [0.3, 0.4) is 0 Å². The number of pyridine rings is 1. The van der Waals surface area contributed by atoms with Crippen LogP contribution in [0.1, 0.15) is 43.9 Å². The number of rotatable bonds is 2. The van der Waals surface area contributed by atoms with Gasteiger partial charge in [-0.25, -0.2) is 4.98 Å². The first-order valence-electron chi connectivity index (χ1n) is 6.23. The zero-order valence-electron chi connectivity index (χ0n) is 10.5. The fourth-order valence-corrected chi connectivity index (χ4v) is 2.99. The SMILES string of the molecule is CCC1CCC(O)(c2ccc(C(F)(F)F)nc2Cl)C1. The molecule has 0 amide bonds. The van der Waals surface area contributed by atoms with E-state index in [2.05, 4.69) is 4.98 Å². The zero-order valence-corrected chi connectivity index (χ0v) is 11.2. The minimum Gasteiger partial charge on any atom is -0.385 e. The van der Waals surface area contributed by atoms with Crippen LogP contribution in [0.25, 0.3) is 0 Å². The van der Waals surface area contributed by atoms with Crippen LogP contribution in [-0.2, 0) is 11.8 Å². The fourth-order valence-electron chi connectivity index (χ4n) is 2.66. The lowest BCUT2D eigenvalue weighted by molar-refractivity contribution is -0.141. The second-order valence-electron chi connectivity index (χ2n) is 5.08. The number of alkyl halides is 3. The lowest BCUT2D eigenvalue weighted by Gasteiger charge is -2.24. The van der Waals surface area contributed by atoms with Gasteiger partial charge in [0.15, 0.2) is 0 Å².